The van der Waals surface area contributed by atoms with E-state index in [2.05, 4.69) is 24.0 Å². The summed E-state index contributed by atoms with van der Waals surface area (Å²) in [7, 11) is 1.65. The fraction of sp³-hybridized carbons (Fsp3) is 0.458. The molecule has 0 atom stereocenters. The number of benzene rings is 2. The summed E-state index contributed by atoms with van der Waals surface area (Å²) < 4.78 is 15.9. The molecule has 0 unspecified atom stereocenters. The average Bonchev–Trinajstić information content (AvgIpc) is 2.78. The lowest BCUT2D eigenvalue weighted by molar-refractivity contribution is 0.101. The van der Waals surface area contributed by atoms with Crippen molar-refractivity contribution in [2.45, 2.75) is 44.9 Å². The second-order valence-corrected chi connectivity index (χ2v) is 7.39. The number of likely N-dealkylation sites (N-methyl/N-ethyl adjacent to an activating group) is 1. The normalized spacial score (nSPS) is 14.3. The van der Waals surface area contributed by atoms with Gasteiger partial charge in [0.1, 0.15) is 18.1 Å². The van der Waals surface area contributed by atoms with Crippen LogP contribution < -0.4 is 14.4 Å². The molecule has 0 amide bonds. The molecule has 0 saturated heterocycles. The Bertz CT molecular complexity index is 769. The highest BCUT2D eigenvalue weighted by Crippen LogP contribution is 2.33. The monoisotopic (exact) mass is 397 g/mol. The second kappa shape index (κ2) is 10.7. The summed E-state index contributed by atoms with van der Waals surface area (Å²) in [5.41, 5.74) is 2.37. The molecule has 29 heavy (non-hydrogen) atoms. The lowest BCUT2D eigenvalue weighted by Crippen LogP contribution is -2.28. The first-order valence-electron chi connectivity index (χ1n) is 10.5. The average molecular weight is 398 g/mol. The highest BCUT2D eigenvalue weighted by molar-refractivity contribution is 5.63. The largest absolute Gasteiger partial charge is 0.513 e. The molecular weight excluding hydrogens is 366 g/mol. The molecule has 1 aliphatic carbocycles. The Morgan fingerprint density at radius 3 is 2.48 bits per heavy atom. The summed E-state index contributed by atoms with van der Waals surface area (Å²) >= 11 is 0. The molecule has 1 fully saturated rings. The molecule has 0 bridgehead atoms. The van der Waals surface area contributed by atoms with E-state index >= 15 is 0 Å². The second-order valence-electron chi connectivity index (χ2n) is 7.39. The molecule has 2 aromatic rings. The number of nitrogens with zero attached hydrogens (tertiary/aromatic N) is 1. The van der Waals surface area contributed by atoms with Crippen LogP contribution in [0.15, 0.2) is 48.5 Å². The third-order valence-corrected chi connectivity index (χ3v) is 5.54. The van der Waals surface area contributed by atoms with Crippen molar-refractivity contribution in [2.75, 3.05) is 31.7 Å². The molecule has 5 nitrogen and oxygen atoms in total. The first-order valence-corrected chi connectivity index (χ1v) is 10.5. The lowest BCUT2D eigenvalue weighted by Gasteiger charge is -2.23. The van der Waals surface area contributed by atoms with Crippen molar-refractivity contribution >= 4 is 11.8 Å². The van der Waals surface area contributed by atoms with Crippen molar-refractivity contribution in [1.82, 2.24) is 0 Å². The number of methoxy groups -OCH3 is 1. The molecule has 5 heteroatoms. The standard InChI is InChI=1S/C24H31NO4/c1-3-25(21-10-7-11-23(18-21)27-2)16-17-28-24(26)29-22-14-12-20(13-15-22)19-8-5-4-6-9-19/h7,10-15,18-19H,3-6,8-9,16-17H2,1-2H3. The summed E-state index contributed by atoms with van der Waals surface area (Å²) in [6.07, 6.45) is 5.79. The highest BCUT2D eigenvalue weighted by atomic mass is 16.7. The van der Waals surface area contributed by atoms with Gasteiger partial charge in [-0.3, -0.25) is 0 Å². The van der Waals surface area contributed by atoms with Crippen LogP contribution in [0, 0.1) is 0 Å². The molecule has 1 aliphatic rings. The highest BCUT2D eigenvalue weighted by Gasteiger charge is 2.16. The minimum atomic E-state index is -0.669. The van der Waals surface area contributed by atoms with Gasteiger partial charge in [0.05, 0.1) is 13.7 Å². The molecule has 0 radical (unpaired) electrons. The van der Waals surface area contributed by atoms with E-state index in [9.17, 15) is 4.79 Å². The summed E-state index contributed by atoms with van der Waals surface area (Å²) in [6.45, 7) is 3.70. The predicted octanol–water partition coefficient (Wildman–Crippen LogP) is 5.78. The SMILES string of the molecule is CCN(CCOC(=O)Oc1ccc(C2CCCCC2)cc1)c1cccc(OC)c1. The van der Waals surface area contributed by atoms with Gasteiger partial charge in [-0.15, -0.1) is 0 Å². The first-order chi connectivity index (χ1) is 14.2. The minimum Gasteiger partial charge on any atom is -0.497 e. The van der Waals surface area contributed by atoms with Crippen molar-refractivity contribution in [1.29, 1.82) is 0 Å². The third-order valence-electron chi connectivity index (χ3n) is 5.54. The number of hydrogen-bond donors (Lipinski definition) is 0. The molecule has 0 N–H and O–H groups in total. The molecule has 0 aromatic heterocycles. The smallest absolute Gasteiger partial charge is 0.497 e. The van der Waals surface area contributed by atoms with Crippen LogP contribution in [0.2, 0.25) is 0 Å². The van der Waals surface area contributed by atoms with E-state index in [4.69, 9.17) is 14.2 Å². The predicted molar refractivity (Wildman–Crippen MR) is 115 cm³/mol. The molecule has 156 valence electrons. The molecule has 0 aliphatic heterocycles. The van der Waals surface area contributed by atoms with Crippen molar-refractivity contribution in [2.24, 2.45) is 0 Å². The van der Waals surface area contributed by atoms with Crippen molar-refractivity contribution in [3.63, 3.8) is 0 Å². The van der Waals surface area contributed by atoms with Gasteiger partial charge in [0, 0.05) is 18.3 Å². The van der Waals surface area contributed by atoms with Crippen LogP contribution in [0.3, 0.4) is 0 Å². The van der Waals surface area contributed by atoms with Gasteiger partial charge in [0.2, 0.25) is 0 Å². The van der Waals surface area contributed by atoms with E-state index in [1.807, 2.05) is 36.4 Å². The van der Waals surface area contributed by atoms with Crippen molar-refractivity contribution in [3.8, 4) is 11.5 Å². The van der Waals surface area contributed by atoms with Crippen LogP contribution in [-0.4, -0.2) is 33.0 Å². The van der Waals surface area contributed by atoms with E-state index in [1.54, 1.807) is 7.11 Å². The Kier molecular flexibility index (Phi) is 7.79. The molecule has 0 heterocycles. The summed E-state index contributed by atoms with van der Waals surface area (Å²) in [5.74, 6) is 1.97. The van der Waals surface area contributed by atoms with Gasteiger partial charge >= 0.3 is 6.16 Å². The Labute approximate surface area is 173 Å². The van der Waals surface area contributed by atoms with Gasteiger partial charge in [0.15, 0.2) is 0 Å². The van der Waals surface area contributed by atoms with Gasteiger partial charge in [0.25, 0.3) is 0 Å². The van der Waals surface area contributed by atoms with Gasteiger partial charge in [-0.2, -0.15) is 0 Å². The number of carbonyl (C=O) groups excluding carboxylic acids is 1. The maximum Gasteiger partial charge on any atom is 0.513 e. The number of carbonyl (C=O) groups is 1. The summed E-state index contributed by atoms with van der Waals surface area (Å²) in [5, 5.41) is 0. The van der Waals surface area contributed by atoms with Crippen molar-refractivity contribution < 1.29 is 19.0 Å². The molecule has 2 aromatic carbocycles. The fourth-order valence-corrected chi connectivity index (χ4v) is 3.89. The maximum atomic E-state index is 12.0. The minimum absolute atomic E-state index is 0.254. The first kappa shape index (κ1) is 21.0. The van der Waals surface area contributed by atoms with Crippen LogP contribution in [0.1, 0.15) is 50.5 Å². The van der Waals surface area contributed by atoms with Crippen LogP contribution in [0.25, 0.3) is 0 Å². The van der Waals surface area contributed by atoms with E-state index in [0.717, 1.165) is 18.0 Å². The van der Waals surface area contributed by atoms with Gasteiger partial charge in [-0.05, 0) is 55.5 Å². The zero-order valence-corrected chi connectivity index (χ0v) is 17.4. The van der Waals surface area contributed by atoms with E-state index in [-0.39, 0.29) is 6.61 Å². The molecule has 3 rings (SSSR count). The number of hydrogen-bond acceptors (Lipinski definition) is 5. The van der Waals surface area contributed by atoms with E-state index in [0.29, 0.717) is 18.2 Å². The van der Waals surface area contributed by atoms with E-state index in [1.165, 1.54) is 37.7 Å². The lowest BCUT2D eigenvalue weighted by atomic mass is 9.84. The maximum absolute atomic E-state index is 12.0. The van der Waals surface area contributed by atoms with E-state index < -0.39 is 6.16 Å². The third kappa shape index (κ3) is 6.14. The Morgan fingerprint density at radius 2 is 1.79 bits per heavy atom. The topological polar surface area (TPSA) is 48.0 Å². The Morgan fingerprint density at radius 1 is 1.03 bits per heavy atom. The Hall–Kier alpha value is -2.69. The van der Waals surface area contributed by atoms with Crippen LogP contribution in [0.4, 0.5) is 10.5 Å². The van der Waals surface area contributed by atoms with Crippen LogP contribution in [-0.2, 0) is 4.74 Å². The molecular formula is C24H31NO4. The van der Waals surface area contributed by atoms with Gasteiger partial charge in [-0.1, -0.05) is 37.5 Å². The zero-order valence-electron chi connectivity index (χ0n) is 17.4. The Balaban J connectivity index is 1.45. The summed E-state index contributed by atoms with van der Waals surface area (Å²) in [4.78, 5) is 14.1. The van der Waals surface area contributed by atoms with Crippen LogP contribution >= 0.6 is 0 Å². The molecule has 1 saturated carbocycles. The van der Waals surface area contributed by atoms with Gasteiger partial charge in [-0.25, -0.2) is 4.79 Å². The van der Waals surface area contributed by atoms with Crippen molar-refractivity contribution in [3.05, 3.63) is 54.1 Å². The number of anilines is 1. The fourth-order valence-electron chi connectivity index (χ4n) is 3.89. The summed E-state index contributed by atoms with van der Waals surface area (Å²) in [6, 6.07) is 15.7. The van der Waals surface area contributed by atoms with Gasteiger partial charge < -0.3 is 19.1 Å². The quantitative estimate of drug-likeness (QED) is 0.417. The number of rotatable bonds is 8. The molecule has 0 spiro atoms. The number of ether oxygens (including phenoxy) is 3. The van der Waals surface area contributed by atoms with Crippen LogP contribution in [0.5, 0.6) is 11.5 Å². The zero-order chi connectivity index (χ0) is 20.5.